The quantitative estimate of drug-likeness (QED) is 0.756. The summed E-state index contributed by atoms with van der Waals surface area (Å²) in [7, 11) is 0. The summed E-state index contributed by atoms with van der Waals surface area (Å²) in [5.41, 5.74) is -0.453. The summed E-state index contributed by atoms with van der Waals surface area (Å²) >= 11 is 5.95. The highest BCUT2D eigenvalue weighted by Gasteiger charge is 2.29. The van der Waals surface area contributed by atoms with Crippen LogP contribution in [0, 0.1) is 12.3 Å². The van der Waals surface area contributed by atoms with Crippen LogP contribution in [0.3, 0.4) is 0 Å². The van der Waals surface area contributed by atoms with E-state index >= 15 is 0 Å². The molecule has 0 amide bonds. The Morgan fingerprint density at radius 1 is 1.31 bits per heavy atom. The van der Waals surface area contributed by atoms with E-state index < -0.39 is 11.0 Å². The molecular weight excluding hydrogens is 224 g/mol. The third kappa shape index (κ3) is 3.24. The van der Waals surface area contributed by atoms with Crippen molar-refractivity contribution >= 4 is 17.4 Å². The molecule has 0 heterocycles. The smallest absolute Gasteiger partial charge is 0.230 e. The molecule has 16 heavy (non-hydrogen) atoms. The van der Waals surface area contributed by atoms with Crippen molar-refractivity contribution in [3.8, 4) is 5.75 Å². The van der Waals surface area contributed by atoms with Crippen LogP contribution in [0.5, 0.6) is 5.75 Å². The maximum atomic E-state index is 11.8. The highest BCUT2D eigenvalue weighted by molar-refractivity contribution is 6.30. The number of rotatable bonds is 3. The Morgan fingerprint density at radius 2 is 1.88 bits per heavy atom. The fourth-order valence-corrected chi connectivity index (χ4v) is 1.62. The number of halogens is 1. The molecular formula is C13H17ClO2. The number of benzene rings is 1. The molecule has 88 valence electrons. The van der Waals surface area contributed by atoms with E-state index in [1.54, 1.807) is 6.07 Å². The highest BCUT2D eigenvalue weighted by Crippen LogP contribution is 2.24. The lowest BCUT2D eigenvalue weighted by Gasteiger charge is -2.21. The highest BCUT2D eigenvalue weighted by atomic mass is 35.5. The average molecular weight is 241 g/mol. The number of Topliss-reactive ketones (excluding diaryl/α,β-unsaturated/α-hetero) is 1. The first-order chi connectivity index (χ1) is 7.32. The summed E-state index contributed by atoms with van der Waals surface area (Å²) < 4.78 is 5.45. The summed E-state index contributed by atoms with van der Waals surface area (Å²) in [4.78, 5) is 11.8. The van der Waals surface area contributed by atoms with E-state index in [9.17, 15) is 4.79 Å². The van der Waals surface area contributed by atoms with E-state index in [0.29, 0.717) is 5.75 Å². The van der Waals surface area contributed by atoms with Gasteiger partial charge in [-0.15, -0.1) is 0 Å². The van der Waals surface area contributed by atoms with Gasteiger partial charge < -0.3 is 4.74 Å². The van der Waals surface area contributed by atoms with Gasteiger partial charge in [0.25, 0.3) is 0 Å². The maximum Gasteiger partial charge on any atom is 0.230 e. The molecule has 1 aromatic carbocycles. The van der Waals surface area contributed by atoms with Crippen LogP contribution < -0.4 is 4.74 Å². The van der Waals surface area contributed by atoms with E-state index in [0.717, 1.165) is 5.56 Å². The van der Waals surface area contributed by atoms with E-state index in [1.165, 1.54) is 0 Å². The Hall–Kier alpha value is -1.02. The summed E-state index contributed by atoms with van der Waals surface area (Å²) in [5, 5.41) is 0. The number of ketones is 1. The lowest BCUT2D eigenvalue weighted by Crippen LogP contribution is -2.32. The molecule has 2 nitrogen and oxygen atoms in total. The number of hydrogen-bond acceptors (Lipinski definition) is 2. The summed E-state index contributed by atoms with van der Waals surface area (Å²) in [6, 6.07) is 7.49. The predicted octanol–water partition coefficient (Wildman–Crippen LogP) is 3.55. The lowest BCUT2D eigenvalue weighted by molar-refractivity contribution is -0.130. The van der Waals surface area contributed by atoms with Gasteiger partial charge in [-0.3, -0.25) is 4.79 Å². The van der Waals surface area contributed by atoms with Gasteiger partial charge in [0.05, 0.1) is 0 Å². The van der Waals surface area contributed by atoms with Gasteiger partial charge in [0, 0.05) is 5.41 Å². The van der Waals surface area contributed by atoms with Gasteiger partial charge in [0.2, 0.25) is 5.56 Å². The Labute approximate surface area is 102 Å². The van der Waals surface area contributed by atoms with Crippen molar-refractivity contribution in [1.82, 2.24) is 0 Å². The molecule has 0 bridgehead atoms. The molecule has 0 aliphatic carbocycles. The fraction of sp³-hybridized carbons (Fsp3) is 0.462. The second-order valence-corrected chi connectivity index (χ2v) is 5.21. The minimum absolute atomic E-state index is 0.114. The minimum Gasteiger partial charge on any atom is -0.467 e. The predicted molar refractivity (Wildman–Crippen MR) is 65.9 cm³/mol. The summed E-state index contributed by atoms with van der Waals surface area (Å²) in [6.45, 7) is 7.39. The number of alkyl halides is 1. The molecule has 0 radical (unpaired) electrons. The monoisotopic (exact) mass is 240 g/mol. The zero-order valence-electron chi connectivity index (χ0n) is 10.1. The van der Waals surface area contributed by atoms with E-state index in [2.05, 4.69) is 0 Å². The molecule has 0 saturated heterocycles. The first kappa shape index (κ1) is 13.0. The second kappa shape index (κ2) is 4.88. The third-order valence-electron chi connectivity index (χ3n) is 2.27. The van der Waals surface area contributed by atoms with Crippen LogP contribution in [0.2, 0.25) is 0 Å². The van der Waals surface area contributed by atoms with Gasteiger partial charge in [-0.05, 0) is 18.6 Å². The van der Waals surface area contributed by atoms with Crippen LogP contribution in [-0.4, -0.2) is 11.3 Å². The van der Waals surface area contributed by atoms with Crippen molar-refractivity contribution in [2.24, 2.45) is 5.41 Å². The normalized spacial score (nSPS) is 13.3. The third-order valence-corrected chi connectivity index (χ3v) is 2.56. The number of aryl methyl sites for hydroxylation is 1. The van der Waals surface area contributed by atoms with Gasteiger partial charge in [0.1, 0.15) is 5.75 Å². The molecule has 1 atom stereocenters. The van der Waals surface area contributed by atoms with Crippen molar-refractivity contribution in [3.63, 3.8) is 0 Å². The molecule has 1 unspecified atom stereocenters. The van der Waals surface area contributed by atoms with Gasteiger partial charge in [-0.1, -0.05) is 50.6 Å². The van der Waals surface area contributed by atoms with Crippen molar-refractivity contribution in [1.29, 1.82) is 0 Å². The molecule has 0 spiro atoms. The van der Waals surface area contributed by atoms with Gasteiger partial charge in [-0.2, -0.15) is 0 Å². The molecule has 1 aromatic rings. The molecule has 0 fully saturated rings. The number of hydrogen-bond donors (Lipinski definition) is 0. The van der Waals surface area contributed by atoms with Crippen LogP contribution in [0.4, 0.5) is 0 Å². The van der Waals surface area contributed by atoms with Crippen molar-refractivity contribution in [2.45, 2.75) is 33.3 Å². The van der Waals surface area contributed by atoms with Crippen LogP contribution in [0.15, 0.2) is 24.3 Å². The zero-order chi connectivity index (χ0) is 12.3. The van der Waals surface area contributed by atoms with E-state index in [1.807, 2.05) is 45.9 Å². The number of carbonyl (C=O) groups excluding carboxylic acids is 1. The number of para-hydroxylation sites is 1. The standard InChI is InChI=1S/C13H17ClO2/c1-9-7-5-6-8-10(9)16-12(14)11(15)13(2,3)4/h5-8,12H,1-4H3. The van der Waals surface area contributed by atoms with Crippen LogP contribution in [0.25, 0.3) is 0 Å². The molecule has 0 N–H and O–H groups in total. The van der Waals surface area contributed by atoms with E-state index in [4.69, 9.17) is 16.3 Å². The Bertz CT molecular complexity index is 380. The van der Waals surface area contributed by atoms with Crippen LogP contribution in [-0.2, 0) is 4.79 Å². The molecule has 3 heteroatoms. The first-order valence-corrected chi connectivity index (χ1v) is 5.66. The summed E-state index contributed by atoms with van der Waals surface area (Å²) in [5.74, 6) is 0.539. The molecule has 0 aromatic heterocycles. The second-order valence-electron chi connectivity index (χ2n) is 4.81. The maximum absolute atomic E-state index is 11.8. The van der Waals surface area contributed by atoms with Crippen LogP contribution in [0.1, 0.15) is 26.3 Å². The largest absolute Gasteiger partial charge is 0.467 e. The zero-order valence-corrected chi connectivity index (χ0v) is 10.8. The minimum atomic E-state index is -0.930. The molecule has 0 aliphatic heterocycles. The topological polar surface area (TPSA) is 26.3 Å². The Kier molecular flexibility index (Phi) is 3.98. The number of carbonyl (C=O) groups is 1. The summed E-state index contributed by atoms with van der Waals surface area (Å²) in [6.07, 6.45) is 0. The van der Waals surface area contributed by atoms with Crippen molar-refractivity contribution < 1.29 is 9.53 Å². The molecule has 0 aliphatic rings. The molecule has 0 saturated carbocycles. The Balaban J connectivity index is 2.76. The molecule has 1 rings (SSSR count). The Morgan fingerprint density at radius 3 is 2.38 bits per heavy atom. The SMILES string of the molecule is Cc1ccccc1OC(Cl)C(=O)C(C)(C)C. The fourth-order valence-electron chi connectivity index (χ4n) is 1.19. The number of ether oxygens (including phenoxy) is 1. The van der Waals surface area contributed by atoms with Crippen molar-refractivity contribution in [2.75, 3.05) is 0 Å². The average Bonchev–Trinajstić information content (AvgIpc) is 2.19. The first-order valence-electron chi connectivity index (χ1n) is 5.23. The van der Waals surface area contributed by atoms with Crippen molar-refractivity contribution in [3.05, 3.63) is 29.8 Å². The van der Waals surface area contributed by atoms with Gasteiger partial charge in [-0.25, -0.2) is 0 Å². The lowest BCUT2D eigenvalue weighted by atomic mass is 9.91. The van der Waals surface area contributed by atoms with Gasteiger partial charge >= 0.3 is 0 Å². The van der Waals surface area contributed by atoms with Crippen LogP contribution >= 0.6 is 11.6 Å². The van der Waals surface area contributed by atoms with E-state index in [-0.39, 0.29) is 5.78 Å². The van der Waals surface area contributed by atoms with Gasteiger partial charge in [0.15, 0.2) is 5.78 Å².